The van der Waals surface area contributed by atoms with Crippen LogP contribution in [0.15, 0.2) is 24.3 Å². The lowest BCUT2D eigenvalue weighted by molar-refractivity contribution is 0.0757. The Morgan fingerprint density at radius 1 is 1.32 bits per heavy atom. The number of amides is 1. The molecule has 0 saturated heterocycles. The summed E-state index contributed by atoms with van der Waals surface area (Å²) in [5.41, 5.74) is 2.00. The predicted molar refractivity (Wildman–Crippen MR) is 105 cm³/mol. The second-order valence-electron chi connectivity index (χ2n) is 6.31. The second-order valence-corrected chi connectivity index (χ2v) is 7.72. The van der Waals surface area contributed by atoms with E-state index >= 15 is 0 Å². The number of nitrogens with zero attached hydrogens (tertiary/aromatic N) is 1. The highest BCUT2D eigenvalue weighted by Crippen LogP contribution is 2.36. The summed E-state index contributed by atoms with van der Waals surface area (Å²) >= 11 is 7.78. The Morgan fingerprint density at radius 3 is 2.88 bits per heavy atom. The Bertz CT molecular complexity index is 921. The zero-order valence-electron chi connectivity index (χ0n) is 14.6. The van der Waals surface area contributed by atoms with Crippen molar-refractivity contribution in [1.82, 2.24) is 10.3 Å². The smallest absolute Gasteiger partial charge is 0.261 e. The number of hydrogen-bond donors (Lipinski definition) is 1. The number of benzene rings is 1. The maximum atomic E-state index is 12.4. The molecule has 4 nitrogen and oxygen atoms in total. The van der Waals surface area contributed by atoms with Crippen LogP contribution >= 0.6 is 22.9 Å². The highest BCUT2D eigenvalue weighted by atomic mass is 35.5. The third-order valence-corrected chi connectivity index (χ3v) is 5.31. The van der Waals surface area contributed by atoms with Crippen molar-refractivity contribution < 1.29 is 9.53 Å². The Kier molecular flexibility index (Phi) is 5.57. The van der Waals surface area contributed by atoms with Gasteiger partial charge in [-0.1, -0.05) is 23.2 Å². The van der Waals surface area contributed by atoms with E-state index in [1.54, 1.807) is 0 Å². The van der Waals surface area contributed by atoms with Gasteiger partial charge in [-0.15, -0.1) is 11.3 Å². The number of aryl methyl sites for hydroxylation is 1. The van der Waals surface area contributed by atoms with Crippen LogP contribution in [0.5, 0.6) is 0 Å². The van der Waals surface area contributed by atoms with Gasteiger partial charge in [0.15, 0.2) is 0 Å². The van der Waals surface area contributed by atoms with Gasteiger partial charge in [0.25, 0.3) is 5.91 Å². The highest BCUT2D eigenvalue weighted by molar-refractivity contribution is 7.21. The van der Waals surface area contributed by atoms with Crippen molar-refractivity contribution in [2.45, 2.75) is 33.3 Å². The molecule has 0 radical (unpaired) electrons. The minimum Gasteiger partial charge on any atom is -0.379 e. The molecule has 0 bridgehead atoms. The lowest BCUT2D eigenvalue weighted by atomic mass is 10.1. The lowest BCUT2D eigenvalue weighted by Crippen LogP contribution is -2.24. The number of thiophene rings is 1. The topological polar surface area (TPSA) is 51.2 Å². The zero-order chi connectivity index (χ0) is 18.0. The Morgan fingerprint density at radius 2 is 2.12 bits per heavy atom. The van der Waals surface area contributed by atoms with E-state index in [0.717, 1.165) is 33.0 Å². The van der Waals surface area contributed by atoms with Gasteiger partial charge in [-0.3, -0.25) is 4.79 Å². The fourth-order valence-electron chi connectivity index (χ4n) is 2.63. The van der Waals surface area contributed by atoms with E-state index in [1.807, 2.05) is 39.0 Å². The van der Waals surface area contributed by atoms with Crippen LogP contribution in [0.2, 0.25) is 5.15 Å². The van der Waals surface area contributed by atoms with Crippen LogP contribution in [0.1, 0.15) is 35.5 Å². The van der Waals surface area contributed by atoms with Crippen LogP contribution in [-0.4, -0.2) is 30.1 Å². The first-order valence-corrected chi connectivity index (χ1v) is 9.54. The maximum absolute atomic E-state index is 12.4. The van der Waals surface area contributed by atoms with E-state index in [9.17, 15) is 4.79 Å². The lowest BCUT2D eigenvalue weighted by Gasteiger charge is -2.07. The first-order valence-electron chi connectivity index (χ1n) is 8.35. The first-order chi connectivity index (χ1) is 12.0. The van der Waals surface area contributed by atoms with Crippen molar-refractivity contribution in [2.75, 3.05) is 13.2 Å². The van der Waals surface area contributed by atoms with Crippen LogP contribution in [-0.2, 0) is 4.74 Å². The zero-order valence-corrected chi connectivity index (χ0v) is 16.1. The molecule has 3 rings (SSSR count). The molecular weight excluding hydrogens is 356 g/mol. The average Bonchev–Trinajstić information content (AvgIpc) is 3.01. The number of rotatable bonds is 6. The third-order valence-electron chi connectivity index (χ3n) is 3.85. The van der Waals surface area contributed by atoms with Gasteiger partial charge in [-0.2, -0.15) is 0 Å². The highest BCUT2D eigenvalue weighted by Gasteiger charge is 2.15. The molecule has 0 unspecified atom stereocenters. The van der Waals surface area contributed by atoms with Gasteiger partial charge < -0.3 is 10.1 Å². The van der Waals surface area contributed by atoms with Crippen molar-refractivity contribution >= 4 is 49.8 Å². The predicted octanol–water partition coefficient (Wildman–Crippen LogP) is 4.96. The number of carbonyl (C=O) groups is 1. The van der Waals surface area contributed by atoms with E-state index in [1.165, 1.54) is 11.3 Å². The van der Waals surface area contributed by atoms with Gasteiger partial charge in [0.2, 0.25) is 0 Å². The molecule has 3 aromatic rings. The number of halogens is 1. The van der Waals surface area contributed by atoms with Crippen molar-refractivity contribution in [2.24, 2.45) is 0 Å². The fourth-order valence-corrected chi connectivity index (χ4v) is 4.03. The summed E-state index contributed by atoms with van der Waals surface area (Å²) in [6.07, 6.45) is 1.00. The van der Waals surface area contributed by atoms with E-state index < -0.39 is 0 Å². The summed E-state index contributed by atoms with van der Waals surface area (Å²) in [6.45, 7) is 7.27. The minimum absolute atomic E-state index is 0.0809. The van der Waals surface area contributed by atoms with Gasteiger partial charge >= 0.3 is 0 Å². The summed E-state index contributed by atoms with van der Waals surface area (Å²) in [5, 5.41) is 5.25. The summed E-state index contributed by atoms with van der Waals surface area (Å²) in [5.74, 6) is -0.0809. The quantitative estimate of drug-likeness (QED) is 0.488. The summed E-state index contributed by atoms with van der Waals surface area (Å²) in [7, 11) is 0. The molecule has 0 aliphatic heterocycles. The van der Waals surface area contributed by atoms with Crippen molar-refractivity contribution in [3.05, 3.63) is 39.9 Å². The Labute approximate surface area is 156 Å². The molecule has 0 aliphatic rings. The number of carbonyl (C=O) groups excluding carboxylic acids is 1. The Balaban J connectivity index is 1.81. The van der Waals surface area contributed by atoms with Gasteiger partial charge in [-0.05, 0) is 45.4 Å². The number of ether oxygens (including phenoxy) is 1. The molecule has 0 aliphatic carbocycles. The molecular formula is C19H21ClN2O2S. The van der Waals surface area contributed by atoms with Crippen molar-refractivity contribution in [1.29, 1.82) is 0 Å². The van der Waals surface area contributed by atoms with Crippen LogP contribution < -0.4 is 5.32 Å². The van der Waals surface area contributed by atoms with Crippen molar-refractivity contribution in [3.63, 3.8) is 0 Å². The SMILES string of the molecule is Cc1ccc2nc(Cl)c3cc(C(=O)NCCCOC(C)C)sc3c2c1. The van der Waals surface area contributed by atoms with Gasteiger partial charge in [0.1, 0.15) is 5.15 Å². The van der Waals surface area contributed by atoms with Crippen LogP contribution in [0.4, 0.5) is 0 Å². The molecule has 1 amide bonds. The molecule has 0 saturated carbocycles. The Hall–Kier alpha value is -1.69. The van der Waals surface area contributed by atoms with Gasteiger partial charge in [-0.25, -0.2) is 4.98 Å². The standard InChI is InChI=1S/C19H21ClN2O2S/c1-11(2)24-8-4-7-21-19(23)16-10-14-17(25-16)13-9-12(3)5-6-15(13)22-18(14)20/h5-6,9-11H,4,7-8H2,1-3H3,(H,21,23). The summed E-state index contributed by atoms with van der Waals surface area (Å²) < 4.78 is 6.48. The van der Waals surface area contributed by atoms with Gasteiger partial charge in [0, 0.05) is 28.6 Å². The number of fused-ring (bicyclic) bond motifs is 3. The number of hydrogen-bond acceptors (Lipinski definition) is 4. The molecule has 6 heteroatoms. The normalized spacial score (nSPS) is 11.6. The molecule has 1 N–H and O–H groups in total. The fraction of sp³-hybridized carbons (Fsp3) is 0.368. The number of aromatic nitrogens is 1. The van der Waals surface area contributed by atoms with Gasteiger partial charge in [0.05, 0.1) is 16.5 Å². The molecule has 1 aromatic carbocycles. The van der Waals surface area contributed by atoms with E-state index in [-0.39, 0.29) is 12.0 Å². The van der Waals surface area contributed by atoms with Crippen molar-refractivity contribution in [3.8, 4) is 0 Å². The van der Waals surface area contributed by atoms with Crippen LogP contribution in [0.25, 0.3) is 21.0 Å². The number of pyridine rings is 1. The minimum atomic E-state index is -0.0809. The van der Waals surface area contributed by atoms with E-state index in [2.05, 4.69) is 16.4 Å². The largest absolute Gasteiger partial charge is 0.379 e. The molecule has 2 heterocycles. The first kappa shape index (κ1) is 18.1. The average molecular weight is 377 g/mol. The summed E-state index contributed by atoms with van der Waals surface area (Å²) in [6, 6.07) is 7.89. The molecule has 2 aromatic heterocycles. The molecule has 0 atom stereocenters. The molecule has 0 spiro atoms. The monoisotopic (exact) mass is 376 g/mol. The van der Waals surface area contributed by atoms with E-state index in [0.29, 0.717) is 23.2 Å². The molecule has 132 valence electrons. The number of nitrogens with one attached hydrogen (secondary N) is 1. The summed E-state index contributed by atoms with van der Waals surface area (Å²) in [4.78, 5) is 17.5. The molecule has 0 fully saturated rings. The second kappa shape index (κ2) is 7.68. The maximum Gasteiger partial charge on any atom is 0.261 e. The van der Waals surface area contributed by atoms with Crippen LogP contribution in [0, 0.1) is 6.92 Å². The van der Waals surface area contributed by atoms with Crippen LogP contribution in [0.3, 0.4) is 0 Å². The van der Waals surface area contributed by atoms with E-state index in [4.69, 9.17) is 16.3 Å². The third kappa shape index (κ3) is 4.11. The molecule has 25 heavy (non-hydrogen) atoms.